The maximum Gasteiger partial charge on any atom is 0.160 e. The van der Waals surface area contributed by atoms with Gasteiger partial charge in [-0.25, -0.2) is 5.06 Å². The summed E-state index contributed by atoms with van der Waals surface area (Å²) < 4.78 is 0. The highest BCUT2D eigenvalue weighted by molar-refractivity contribution is 5.53. The molecule has 0 saturated heterocycles. The first-order valence-electron chi connectivity index (χ1n) is 7.09. The van der Waals surface area contributed by atoms with Crippen LogP contribution in [0.1, 0.15) is 37.5 Å². The van der Waals surface area contributed by atoms with Crippen molar-refractivity contribution in [1.29, 1.82) is 0 Å². The van der Waals surface area contributed by atoms with E-state index in [2.05, 4.69) is 70.2 Å². The molecule has 2 nitrogen and oxygen atoms in total. The van der Waals surface area contributed by atoms with Gasteiger partial charge in [-0.2, -0.15) is 0 Å². The largest absolute Gasteiger partial charge is 0.379 e. The first-order valence-corrected chi connectivity index (χ1v) is 7.09. The number of hydrogen-bond donors (Lipinski definition) is 0. The Morgan fingerprint density at radius 3 is 2.55 bits per heavy atom. The Bertz CT molecular complexity index is 640. The topological polar surface area (TPSA) is 12.5 Å². The number of hydroxylamine groups is 1. The molecule has 104 valence electrons. The summed E-state index contributed by atoms with van der Waals surface area (Å²) in [6, 6.07) is 14.9. The maximum atomic E-state index is 5.95. The van der Waals surface area contributed by atoms with Crippen molar-refractivity contribution in [2.75, 3.05) is 5.06 Å². The second kappa shape index (κ2) is 4.55. The minimum atomic E-state index is 0.172. The average Bonchev–Trinajstić information content (AvgIpc) is 2.80. The smallest absolute Gasteiger partial charge is 0.160 e. The van der Waals surface area contributed by atoms with E-state index >= 15 is 0 Å². The molecular formula is C18H21NO. The molecule has 20 heavy (non-hydrogen) atoms. The van der Waals surface area contributed by atoms with Crippen LogP contribution in [0.25, 0.3) is 0 Å². The summed E-state index contributed by atoms with van der Waals surface area (Å²) in [6.07, 6.45) is 0. The van der Waals surface area contributed by atoms with Gasteiger partial charge in [-0.1, -0.05) is 39.0 Å². The molecule has 0 amide bonds. The lowest BCUT2D eigenvalue weighted by Crippen LogP contribution is -2.19. The van der Waals surface area contributed by atoms with Gasteiger partial charge in [0.2, 0.25) is 0 Å². The van der Waals surface area contributed by atoms with Crippen LogP contribution in [0.5, 0.6) is 5.75 Å². The number of rotatable bonds is 1. The molecule has 1 aliphatic rings. The van der Waals surface area contributed by atoms with Crippen molar-refractivity contribution >= 4 is 5.69 Å². The van der Waals surface area contributed by atoms with Gasteiger partial charge in [-0.3, -0.25) is 0 Å². The zero-order chi connectivity index (χ0) is 14.3. The van der Waals surface area contributed by atoms with Gasteiger partial charge in [-0.05, 0) is 47.7 Å². The quantitative estimate of drug-likeness (QED) is 0.748. The molecule has 2 aromatic carbocycles. The fraction of sp³-hybridized carbons (Fsp3) is 0.333. The van der Waals surface area contributed by atoms with Crippen LogP contribution in [0.2, 0.25) is 0 Å². The van der Waals surface area contributed by atoms with Crippen LogP contribution in [-0.2, 0) is 12.0 Å². The summed E-state index contributed by atoms with van der Waals surface area (Å²) in [5.41, 5.74) is 5.15. The highest BCUT2D eigenvalue weighted by atomic mass is 16.7. The summed E-state index contributed by atoms with van der Waals surface area (Å²) in [7, 11) is 0. The van der Waals surface area contributed by atoms with E-state index in [1.165, 1.54) is 16.7 Å². The van der Waals surface area contributed by atoms with Crippen LogP contribution < -0.4 is 9.90 Å². The Balaban J connectivity index is 1.89. The molecule has 1 heterocycles. The lowest BCUT2D eigenvalue weighted by molar-refractivity contribution is 0.308. The molecule has 0 aliphatic carbocycles. The van der Waals surface area contributed by atoms with Gasteiger partial charge < -0.3 is 4.84 Å². The van der Waals surface area contributed by atoms with E-state index in [-0.39, 0.29) is 5.41 Å². The van der Waals surface area contributed by atoms with Gasteiger partial charge in [-0.15, -0.1) is 0 Å². The molecule has 2 aromatic rings. The highest BCUT2D eigenvalue weighted by Crippen LogP contribution is 2.35. The fourth-order valence-corrected chi connectivity index (χ4v) is 2.49. The Morgan fingerprint density at radius 2 is 1.85 bits per heavy atom. The molecule has 2 heteroatoms. The Morgan fingerprint density at radius 1 is 1.05 bits per heavy atom. The number of hydrogen-bond acceptors (Lipinski definition) is 2. The molecule has 0 bridgehead atoms. The average molecular weight is 267 g/mol. The van der Waals surface area contributed by atoms with Crippen molar-refractivity contribution in [3.8, 4) is 5.75 Å². The molecule has 0 saturated carbocycles. The van der Waals surface area contributed by atoms with Crippen LogP contribution in [0.15, 0.2) is 42.5 Å². The van der Waals surface area contributed by atoms with Crippen molar-refractivity contribution in [3.63, 3.8) is 0 Å². The summed E-state index contributed by atoms with van der Waals surface area (Å²) in [4.78, 5) is 5.95. The molecule has 0 unspecified atom stereocenters. The van der Waals surface area contributed by atoms with Crippen molar-refractivity contribution in [2.45, 2.75) is 39.7 Å². The first kappa shape index (κ1) is 13.0. The summed E-state index contributed by atoms with van der Waals surface area (Å²) in [6.45, 7) is 9.63. The van der Waals surface area contributed by atoms with Gasteiger partial charge >= 0.3 is 0 Å². The summed E-state index contributed by atoms with van der Waals surface area (Å²) >= 11 is 0. The van der Waals surface area contributed by atoms with E-state index in [4.69, 9.17) is 4.84 Å². The van der Waals surface area contributed by atoms with Gasteiger partial charge in [0.25, 0.3) is 0 Å². The number of aryl methyl sites for hydroxylation is 1. The third-order valence-corrected chi connectivity index (χ3v) is 3.74. The van der Waals surface area contributed by atoms with E-state index in [9.17, 15) is 0 Å². The standard InChI is InChI=1S/C18H21NO/c1-13-6-5-7-16(10-13)19-12-14-11-15(18(2,3)4)8-9-17(14)20-19/h5-11H,12H2,1-4H3. The van der Waals surface area contributed by atoms with Crippen molar-refractivity contribution in [2.24, 2.45) is 0 Å². The Kier molecular flexibility index (Phi) is 2.97. The number of anilines is 1. The van der Waals surface area contributed by atoms with E-state index in [1.54, 1.807) is 0 Å². The zero-order valence-corrected chi connectivity index (χ0v) is 12.6. The molecule has 0 radical (unpaired) electrons. The molecule has 1 aliphatic heterocycles. The van der Waals surface area contributed by atoms with Crippen LogP contribution in [-0.4, -0.2) is 0 Å². The van der Waals surface area contributed by atoms with E-state index in [0.717, 1.165) is 18.0 Å². The highest BCUT2D eigenvalue weighted by Gasteiger charge is 2.24. The van der Waals surface area contributed by atoms with E-state index in [1.807, 2.05) is 5.06 Å². The number of nitrogens with zero attached hydrogens (tertiary/aromatic N) is 1. The van der Waals surface area contributed by atoms with Crippen molar-refractivity contribution < 1.29 is 4.84 Å². The van der Waals surface area contributed by atoms with Gasteiger partial charge in [0.1, 0.15) is 0 Å². The predicted molar refractivity (Wildman–Crippen MR) is 83.1 cm³/mol. The van der Waals surface area contributed by atoms with Crippen LogP contribution in [0, 0.1) is 6.92 Å². The third kappa shape index (κ3) is 2.38. The number of fused-ring (bicyclic) bond motifs is 1. The third-order valence-electron chi connectivity index (χ3n) is 3.74. The lowest BCUT2D eigenvalue weighted by Gasteiger charge is -2.19. The second-order valence-electron chi connectivity index (χ2n) is 6.54. The molecule has 0 fully saturated rings. The molecular weight excluding hydrogens is 246 g/mol. The van der Waals surface area contributed by atoms with Gasteiger partial charge in [0, 0.05) is 5.56 Å². The molecule has 0 spiro atoms. The van der Waals surface area contributed by atoms with Gasteiger partial charge in [0.15, 0.2) is 5.75 Å². The van der Waals surface area contributed by atoms with Crippen LogP contribution in [0.4, 0.5) is 5.69 Å². The Hall–Kier alpha value is -1.96. The minimum absolute atomic E-state index is 0.172. The molecule has 0 N–H and O–H groups in total. The van der Waals surface area contributed by atoms with Gasteiger partial charge in [0.05, 0.1) is 12.2 Å². The maximum absolute atomic E-state index is 5.95. The molecule has 0 atom stereocenters. The van der Waals surface area contributed by atoms with E-state index < -0.39 is 0 Å². The van der Waals surface area contributed by atoms with Crippen LogP contribution >= 0.6 is 0 Å². The monoisotopic (exact) mass is 267 g/mol. The molecule has 0 aromatic heterocycles. The molecule has 3 rings (SSSR count). The summed E-state index contributed by atoms with van der Waals surface area (Å²) in [5, 5.41) is 1.96. The van der Waals surface area contributed by atoms with Crippen molar-refractivity contribution in [1.82, 2.24) is 0 Å². The zero-order valence-electron chi connectivity index (χ0n) is 12.6. The number of benzene rings is 2. The fourth-order valence-electron chi connectivity index (χ4n) is 2.49. The van der Waals surface area contributed by atoms with Crippen molar-refractivity contribution in [3.05, 3.63) is 59.2 Å². The Labute approximate surface area is 120 Å². The summed E-state index contributed by atoms with van der Waals surface area (Å²) in [5.74, 6) is 0.972. The first-order chi connectivity index (χ1) is 9.43. The van der Waals surface area contributed by atoms with E-state index in [0.29, 0.717) is 0 Å². The minimum Gasteiger partial charge on any atom is -0.379 e. The lowest BCUT2D eigenvalue weighted by atomic mass is 9.86. The van der Waals surface area contributed by atoms with Crippen LogP contribution in [0.3, 0.4) is 0 Å². The second-order valence-corrected chi connectivity index (χ2v) is 6.54. The predicted octanol–water partition coefficient (Wildman–Crippen LogP) is 4.61. The normalized spacial score (nSPS) is 14.1. The SMILES string of the molecule is Cc1cccc(N2Cc3cc(C(C)(C)C)ccc3O2)c1.